The van der Waals surface area contributed by atoms with Crippen molar-refractivity contribution >= 4 is 8.60 Å². The molecule has 3 heterocycles. The molecule has 180 valence electrons. The Morgan fingerprint density at radius 2 is 1.82 bits per heavy atom. The minimum absolute atomic E-state index is 0.142. The largest absolute Gasteiger partial charge is 0.387 e. The van der Waals surface area contributed by atoms with E-state index in [0.717, 1.165) is 21.4 Å². The summed E-state index contributed by atoms with van der Waals surface area (Å²) in [7, 11) is -2.71. The third kappa shape index (κ3) is 4.84. The third-order valence-electron chi connectivity index (χ3n) is 5.42. The predicted molar refractivity (Wildman–Crippen MR) is 117 cm³/mol. The van der Waals surface area contributed by atoms with Gasteiger partial charge in [0.1, 0.15) is 18.3 Å². The van der Waals surface area contributed by atoms with Crippen molar-refractivity contribution in [2.45, 2.75) is 31.1 Å². The van der Waals surface area contributed by atoms with E-state index in [0.29, 0.717) is 5.56 Å². The molecule has 0 spiro atoms. The van der Waals surface area contributed by atoms with Gasteiger partial charge in [0.25, 0.3) is 5.56 Å². The van der Waals surface area contributed by atoms with Crippen molar-refractivity contribution in [3.63, 3.8) is 0 Å². The molecule has 13 heteroatoms. The zero-order valence-corrected chi connectivity index (χ0v) is 18.4. The van der Waals surface area contributed by atoms with Gasteiger partial charge in [-0.15, -0.1) is 0 Å². The zero-order chi connectivity index (χ0) is 24.4. The van der Waals surface area contributed by atoms with Crippen LogP contribution in [0.4, 0.5) is 4.39 Å². The molecule has 0 bridgehead atoms. The van der Waals surface area contributed by atoms with Crippen LogP contribution in [-0.2, 0) is 15.8 Å². The molecule has 4 rings (SSSR count). The summed E-state index contributed by atoms with van der Waals surface area (Å²) < 4.78 is 26.9. The van der Waals surface area contributed by atoms with Crippen LogP contribution in [0.3, 0.4) is 0 Å². The standard InChI is InChI=1S/C21H21FN3O8P/c22-17-13(12-4-2-1-3-5-12)6-8-23-14(17)10-25-16(26)7-9-24(21(25)29)20-19(28)18(27)15(33-20)11-32-34(30)31/h1-9,15,18-20,27-28,30-31H,10-11H2. The van der Waals surface area contributed by atoms with Crippen LogP contribution in [0.1, 0.15) is 11.9 Å². The maximum atomic E-state index is 15.2. The topological polar surface area (TPSA) is 156 Å². The minimum atomic E-state index is -2.71. The summed E-state index contributed by atoms with van der Waals surface area (Å²) in [6.45, 7) is -0.939. The first kappa shape index (κ1) is 24.3. The predicted octanol–water partition coefficient (Wildman–Crippen LogP) is 0.107. The average Bonchev–Trinajstić information content (AvgIpc) is 3.10. The second kappa shape index (κ2) is 10.2. The van der Waals surface area contributed by atoms with Crippen molar-refractivity contribution in [2.75, 3.05) is 6.61 Å². The van der Waals surface area contributed by atoms with E-state index in [1.54, 1.807) is 30.3 Å². The van der Waals surface area contributed by atoms with Gasteiger partial charge in [0.15, 0.2) is 12.0 Å². The Balaban J connectivity index is 1.65. The summed E-state index contributed by atoms with van der Waals surface area (Å²) in [6, 6.07) is 11.2. The summed E-state index contributed by atoms with van der Waals surface area (Å²) in [5.74, 6) is -0.690. The van der Waals surface area contributed by atoms with Gasteiger partial charge >= 0.3 is 14.3 Å². The molecule has 2 aromatic heterocycles. The molecule has 0 saturated carbocycles. The fourth-order valence-electron chi connectivity index (χ4n) is 3.70. The Kier molecular flexibility index (Phi) is 7.29. The van der Waals surface area contributed by atoms with E-state index in [2.05, 4.69) is 9.51 Å². The number of hydrogen-bond donors (Lipinski definition) is 4. The summed E-state index contributed by atoms with van der Waals surface area (Å²) in [5, 5.41) is 20.5. The number of nitrogens with zero attached hydrogens (tertiary/aromatic N) is 3. The van der Waals surface area contributed by atoms with Gasteiger partial charge in [-0.05, 0) is 11.6 Å². The molecule has 4 N–H and O–H groups in total. The number of aliphatic hydroxyl groups excluding tert-OH is 2. The Morgan fingerprint density at radius 3 is 2.53 bits per heavy atom. The molecular weight excluding hydrogens is 472 g/mol. The number of rotatable bonds is 7. The van der Waals surface area contributed by atoms with Crippen molar-refractivity contribution in [3.05, 3.63) is 87.2 Å². The first-order valence-electron chi connectivity index (χ1n) is 10.1. The summed E-state index contributed by atoms with van der Waals surface area (Å²) in [4.78, 5) is 47.3. The molecule has 1 aromatic carbocycles. The van der Waals surface area contributed by atoms with E-state index in [1.807, 2.05) is 0 Å². The van der Waals surface area contributed by atoms with E-state index < -0.39 is 63.4 Å². The fourth-order valence-corrected chi connectivity index (χ4v) is 3.98. The normalized spacial score (nSPS) is 22.4. The van der Waals surface area contributed by atoms with Gasteiger partial charge in [-0.2, -0.15) is 0 Å². The lowest BCUT2D eigenvalue weighted by Crippen LogP contribution is -2.43. The van der Waals surface area contributed by atoms with Crippen LogP contribution in [0.2, 0.25) is 0 Å². The van der Waals surface area contributed by atoms with Crippen molar-refractivity contribution in [1.29, 1.82) is 0 Å². The van der Waals surface area contributed by atoms with Gasteiger partial charge in [0.05, 0.1) is 18.8 Å². The van der Waals surface area contributed by atoms with Crippen molar-refractivity contribution in [2.24, 2.45) is 0 Å². The molecular formula is C21H21FN3O8P. The van der Waals surface area contributed by atoms with Crippen LogP contribution < -0.4 is 11.2 Å². The number of halogens is 1. The highest BCUT2D eigenvalue weighted by Gasteiger charge is 2.44. The van der Waals surface area contributed by atoms with Crippen LogP contribution >= 0.6 is 8.60 Å². The van der Waals surface area contributed by atoms with Crippen LogP contribution in [0, 0.1) is 5.82 Å². The van der Waals surface area contributed by atoms with Crippen molar-refractivity contribution in [1.82, 2.24) is 14.1 Å². The van der Waals surface area contributed by atoms with Gasteiger partial charge in [-0.25, -0.2) is 9.18 Å². The molecule has 1 aliphatic rings. The highest BCUT2D eigenvalue weighted by atomic mass is 31.2. The highest BCUT2D eigenvalue weighted by molar-refractivity contribution is 7.39. The fraction of sp³-hybridized carbons (Fsp3) is 0.286. The van der Waals surface area contributed by atoms with Gasteiger partial charge in [0.2, 0.25) is 0 Å². The monoisotopic (exact) mass is 493 g/mol. The Labute approximate surface area is 192 Å². The maximum absolute atomic E-state index is 15.2. The number of ether oxygens (including phenoxy) is 1. The third-order valence-corrected chi connectivity index (χ3v) is 5.80. The minimum Gasteiger partial charge on any atom is -0.387 e. The van der Waals surface area contributed by atoms with Crippen molar-refractivity contribution < 1.29 is 33.7 Å². The second-order valence-electron chi connectivity index (χ2n) is 7.51. The zero-order valence-electron chi connectivity index (χ0n) is 17.5. The Bertz CT molecular complexity index is 1270. The number of aromatic nitrogens is 3. The van der Waals surface area contributed by atoms with E-state index in [1.165, 1.54) is 12.3 Å². The Morgan fingerprint density at radius 1 is 1.09 bits per heavy atom. The average molecular weight is 493 g/mol. The molecule has 11 nitrogen and oxygen atoms in total. The number of benzene rings is 1. The van der Waals surface area contributed by atoms with Crippen molar-refractivity contribution in [3.8, 4) is 11.1 Å². The Hall–Kier alpha value is -2.83. The number of pyridine rings is 1. The molecule has 1 fully saturated rings. The molecule has 4 unspecified atom stereocenters. The summed E-state index contributed by atoms with van der Waals surface area (Å²) in [5.41, 5.74) is -0.949. The van der Waals surface area contributed by atoms with E-state index >= 15 is 4.39 Å². The van der Waals surface area contributed by atoms with Crippen LogP contribution in [0.25, 0.3) is 11.1 Å². The number of hydrogen-bond acceptors (Lipinski definition) is 9. The molecule has 4 atom stereocenters. The first-order chi connectivity index (χ1) is 16.3. The van der Waals surface area contributed by atoms with Crippen LogP contribution in [0.5, 0.6) is 0 Å². The highest BCUT2D eigenvalue weighted by Crippen LogP contribution is 2.32. The van der Waals surface area contributed by atoms with E-state index in [9.17, 15) is 19.8 Å². The molecule has 34 heavy (non-hydrogen) atoms. The molecule has 1 saturated heterocycles. The van der Waals surface area contributed by atoms with Crippen LogP contribution in [-0.4, -0.2) is 59.0 Å². The van der Waals surface area contributed by atoms with Gasteiger partial charge in [0, 0.05) is 24.0 Å². The lowest BCUT2D eigenvalue weighted by molar-refractivity contribution is -0.0531. The van der Waals surface area contributed by atoms with E-state index in [4.69, 9.17) is 14.5 Å². The SMILES string of the molecule is O=c1ccn(C2OC(COP(O)O)C(O)C2O)c(=O)n1Cc1nccc(-c2ccccc2)c1F. The van der Waals surface area contributed by atoms with E-state index in [-0.39, 0.29) is 11.3 Å². The first-order valence-corrected chi connectivity index (χ1v) is 11.3. The maximum Gasteiger partial charge on any atom is 0.333 e. The van der Waals surface area contributed by atoms with Crippen LogP contribution in [0.15, 0.2) is 64.4 Å². The molecule has 0 radical (unpaired) electrons. The molecule has 0 aliphatic carbocycles. The summed E-state index contributed by atoms with van der Waals surface area (Å²) >= 11 is 0. The summed E-state index contributed by atoms with van der Waals surface area (Å²) in [6.07, 6.45) is -3.21. The lowest BCUT2D eigenvalue weighted by Gasteiger charge is -2.19. The van der Waals surface area contributed by atoms with Gasteiger partial charge < -0.3 is 29.3 Å². The molecule has 1 aliphatic heterocycles. The lowest BCUT2D eigenvalue weighted by atomic mass is 10.1. The quantitative estimate of drug-likeness (QED) is 0.336. The molecule has 0 amide bonds. The molecule has 3 aromatic rings. The second-order valence-corrected chi connectivity index (χ2v) is 8.27. The van der Waals surface area contributed by atoms with Gasteiger partial charge in [-0.3, -0.25) is 18.9 Å². The van der Waals surface area contributed by atoms with Gasteiger partial charge in [-0.1, -0.05) is 30.3 Å². The number of aliphatic hydroxyl groups is 2. The smallest absolute Gasteiger partial charge is 0.333 e.